The fourth-order valence-electron chi connectivity index (χ4n) is 1.35. The predicted octanol–water partition coefficient (Wildman–Crippen LogP) is 1.10. The Balaban J connectivity index is 2.28. The zero-order chi connectivity index (χ0) is 12.0. The van der Waals surface area contributed by atoms with Crippen molar-refractivity contribution in [2.24, 2.45) is 0 Å². The molecule has 4 heteroatoms. The Morgan fingerprint density at radius 1 is 1.44 bits per heavy atom. The van der Waals surface area contributed by atoms with Crippen LogP contribution in [0.15, 0.2) is 24.3 Å². The molecule has 0 fully saturated rings. The molecule has 0 aliphatic rings. The zero-order valence-corrected chi connectivity index (χ0v) is 9.99. The van der Waals surface area contributed by atoms with Gasteiger partial charge in [-0.05, 0) is 12.5 Å². The summed E-state index contributed by atoms with van der Waals surface area (Å²) in [5.74, 6) is -0.141. The third-order valence-electron chi connectivity index (χ3n) is 1.93. The lowest BCUT2D eigenvalue weighted by atomic mass is 10.1. The number of ether oxygens (including phenoxy) is 1. The fourth-order valence-corrected chi connectivity index (χ4v) is 1.35. The maximum Gasteiger partial charge on any atom is 0.260 e. The van der Waals surface area contributed by atoms with Crippen LogP contribution in [-0.2, 0) is 16.1 Å². The molecule has 1 amide bonds. The minimum atomic E-state index is -0.141. The van der Waals surface area contributed by atoms with Gasteiger partial charge in [0, 0.05) is 14.1 Å². The second-order valence-electron chi connectivity index (χ2n) is 3.91. The van der Waals surface area contributed by atoms with Crippen LogP contribution >= 0.6 is 0 Å². The standard InChI is InChI=1S/C12H18N2O2/c1-10-5-4-6-11(7-10)8-16-9-12(15)13-14(2)3/h4-7H,8-9H2,1-3H3,(H,13,15). The molecule has 0 aliphatic carbocycles. The van der Waals surface area contributed by atoms with Crippen LogP contribution in [0.1, 0.15) is 11.1 Å². The summed E-state index contributed by atoms with van der Waals surface area (Å²) in [6.07, 6.45) is 0. The Bertz CT molecular complexity index is 351. The van der Waals surface area contributed by atoms with E-state index in [0.29, 0.717) is 6.61 Å². The molecule has 16 heavy (non-hydrogen) atoms. The molecule has 1 rings (SSSR count). The number of aryl methyl sites for hydroxylation is 1. The second-order valence-corrected chi connectivity index (χ2v) is 3.91. The third-order valence-corrected chi connectivity index (χ3v) is 1.93. The molecule has 0 aliphatic heterocycles. The summed E-state index contributed by atoms with van der Waals surface area (Å²) in [5, 5.41) is 1.60. The first-order valence-electron chi connectivity index (χ1n) is 5.18. The number of nitrogens with one attached hydrogen (secondary N) is 1. The number of nitrogens with zero attached hydrogens (tertiary/aromatic N) is 1. The number of hydrogen-bond donors (Lipinski definition) is 1. The average molecular weight is 222 g/mol. The van der Waals surface area contributed by atoms with Gasteiger partial charge in [0.1, 0.15) is 6.61 Å². The molecule has 0 unspecified atom stereocenters. The van der Waals surface area contributed by atoms with Crippen molar-refractivity contribution in [1.82, 2.24) is 10.4 Å². The van der Waals surface area contributed by atoms with E-state index in [4.69, 9.17) is 4.74 Å². The van der Waals surface area contributed by atoms with E-state index < -0.39 is 0 Å². The summed E-state index contributed by atoms with van der Waals surface area (Å²) in [5.41, 5.74) is 4.88. The van der Waals surface area contributed by atoms with Gasteiger partial charge < -0.3 is 4.74 Å². The van der Waals surface area contributed by atoms with E-state index in [0.717, 1.165) is 5.56 Å². The van der Waals surface area contributed by atoms with Crippen molar-refractivity contribution in [1.29, 1.82) is 0 Å². The monoisotopic (exact) mass is 222 g/mol. The van der Waals surface area contributed by atoms with Gasteiger partial charge in [-0.25, -0.2) is 5.01 Å². The minimum absolute atomic E-state index is 0.0755. The van der Waals surface area contributed by atoms with Crippen LogP contribution in [0.5, 0.6) is 0 Å². The largest absolute Gasteiger partial charge is 0.367 e. The highest BCUT2D eigenvalue weighted by atomic mass is 16.5. The summed E-state index contributed by atoms with van der Waals surface area (Å²) in [6, 6.07) is 8.04. The second kappa shape index (κ2) is 6.25. The van der Waals surface area contributed by atoms with Crippen LogP contribution in [0.4, 0.5) is 0 Å². The molecular formula is C12H18N2O2. The van der Waals surface area contributed by atoms with Crippen molar-refractivity contribution in [3.63, 3.8) is 0 Å². The van der Waals surface area contributed by atoms with E-state index in [9.17, 15) is 4.79 Å². The Morgan fingerprint density at radius 2 is 2.19 bits per heavy atom. The maximum atomic E-state index is 11.2. The van der Waals surface area contributed by atoms with Gasteiger partial charge in [0.15, 0.2) is 0 Å². The van der Waals surface area contributed by atoms with Gasteiger partial charge in [-0.2, -0.15) is 0 Å². The van der Waals surface area contributed by atoms with Gasteiger partial charge in [0.25, 0.3) is 5.91 Å². The first kappa shape index (κ1) is 12.7. The molecule has 0 bridgehead atoms. The van der Waals surface area contributed by atoms with Gasteiger partial charge in [-0.3, -0.25) is 10.2 Å². The highest BCUT2D eigenvalue weighted by Gasteiger charge is 2.02. The summed E-state index contributed by atoms with van der Waals surface area (Å²) < 4.78 is 5.30. The quantitative estimate of drug-likeness (QED) is 0.759. The summed E-state index contributed by atoms with van der Waals surface area (Å²) >= 11 is 0. The average Bonchev–Trinajstić information content (AvgIpc) is 2.16. The molecule has 0 spiro atoms. The van der Waals surface area contributed by atoms with Crippen molar-refractivity contribution in [2.45, 2.75) is 13.5 Å². The number of hydrazine groups is 1. The highest BCUT2D eigenvalue weighted by Crippen LogP contribution is 2.04. The Hall–Kier alpha value is -1.39. The Morgan fingerprint density at radius 3 is 2.81 bits per heavy atom. The molecule has 0 saturated heterocycles. The first-order valence-corrected chi connectivity index (χ1v) is 5.18. The van der Waals surface area contributed by atoms with Gasteiger partial charge >= 0.3 is 0 Å². The fraction of sp³-hybridized carbons (Fsp3) is 0.417. The highest BCUT2D eigenvalue weighted by molar-refractivity contribution is 5.76. The summed E-state index contributed by atoms with van der Waals surface area (Å²) in [4.78, 5) is 11.2. The number of rotatable bonds is 5. The molecule has 1 aromatic rings. The lowest BCUT2D eigenvalue weighted by Gasteiger charge is -2.11. The lowest BCUT2D eigenvalue weighted by Crippen LogP contribution is -2.38. The first-order chi connectivity index (χ1) is 7.58. The van der Waals surface area contributed by atoms with Gasteiger partial charge in [-0.15, -0.1) is 0 Å². The van der Waals surface area contributed by atoms with Crippen molar-refractivity contribution in [3.05, 3.63) is 35.4 Å². The topological polar surface area (TPSA) is 41.6 Å². The van der Waals surface area contributed by atoms with Crippen LogP contribution in [-0.4, -0.2) is 31.6 Å². The van der Waals surface area contributed by atoms with E-state index in [-0.39, 0.29) is 12.5 Å². The minimum Gasteiger partial charge on any atom is -0.367 e. The van der Waals surface area contributed by atoms with Gasteiger partial charge in [-0.1, -0.05) is 29.8 Å². The molecule has 0 radical (unpaired) electrons. The number of amides is 1. The SMILES string of the molecule is Cc1cccc(COCC(=O)NN(C)C)c1. The molecule has 0 aromatic heterocycles. The molecule has 0 heterocycles. The van der Waals surface area contributed by atoms with E-state index in [1.807, 2.05) is 31.2 Å². The van der Waals surface area contributed by atoms with Crippen LogP contribution in [0.25, 0.3) is 0 Å². The van der Waals surface area contributed by atoms with Gasteiger partial charge in [0.05, 0.1) is 6.61 Å². The summed E-state index contributed by atoms with van der Waals surface area (Å²) in [7, 11) is 3.52. The molecule has 1 N–H and O–H groups in total. The smallest absolute Gasteiger partial charge is 0.260 e. The maximum absolute atomic E-state index is 11.2. The zero-order valence-electron chi connectivity index (χ0n) is 9.99. The van der Waals surface area contributed by atoms with E-state index in [1.165, 1.54) is 5.56 Å². The third kappa shape index (κ3) is 4.91. The molecule has 0 saturated carbocycles. The molecule has 88 valence electrons. The van der Waals surface area contributed by atoms with Crippen LogP contribution in [0.3, 0.4) is 0 Å². The molecular weight excluding hydrogens is 204 g/mol. The van der Waals surface area contributed by atoms with E-state index >= 15 is 0 Å². The van der Waals surface area contributed by atoms with Crippen LogP contribution < -0.4 is 5.43 Å². The van der Waals surface area contributed by atoms with Crippen molar-refractivity contribution in [2.75, 3.05) is 20.7 Å². The number of hydrogen-bond acceptors (Lipinski definition) is 3. The van der Waals surface area contributed by atoms with Crippen LogP contribution in [0.2, 0.25) is 0 Å². The van der Waals surface area contributed by atoms with Crippen LogP contribution in [0, 0.1) is 6.92 Å². The predicted molar refractivity (Wildman–Crippen MR) is 62.7 cm³/mol. The Labute approximate surface area is 96.2 Å². The number of carbonyl (C=O) groups is 1. The Kier molecular flexibility index (Phi) is 4.95. The van der Waals surface area contributed by atoms with E-state index in [2.05, 4.69) is 5.43 Å². The normalized spacial score (nSPS) is 10.5. The van der Waals surface area contributed by atoms with Gasteiger partial charge in [0.2, 0.25) is 0 Å². The molecule has 0 atom stereocenters. The number of benzene rings is 1. The summed E-state index contributed by atoms with van der Waals surface area (Å²) in [6.45, 7) is 2.57. The lowest BCUT2D eigenvalue weighted by molar-refractivity contribution is -0.129. The van der Waals surface area contributed by atoms with Crippen molar-refractivity contribution < 1.29 is 9.53 Å². The van der Waals surface area contributed by atoms with Crippen molar-refractivity contribution >= 4 is 5.91 Å². The number of carbonyl (C=O) groups excluding carboxylic acids is 1. The van der Waals surface area contributed by atoms with Crippen molar-refractivity contribution in [3.8, 4) is 0 Å². The molecule has 4 nitrogen and oxygen atoms in total. The molecule has 1 aromatic carbocycles. The van der Waals surface area contributed by atoms with E-state index in [1.54, 1.807) is 19.1 Å².